The van der Waals surface area contributed by atoms with Gasteiger partial charge in [-0.25, -0.2) is 13.6 Å². The van der Waals surface area contributed by atoms with E-state index < -0.39 is 43.0 Å². The normalized spacial score (nSPS) is 26.1. The van der Waals surface area contributed by atoms with Crippen molar-refractivity contribution in [1.29, 1.82) is 0 Å². The molecule has 1 N–H and O–H groups in total. The smallest absolute Gasteiger partial charge is 0.333 e. The van der Waals surface area contributed by atoms with Gasteiger partial charge in [-0.1, -0.05) is 0 Å². The zero-order valence-electron chi connectivity index (χ0n) is 11.0. The number of halogens is 2. The summed E-state index contributed by atoms with van der Waals surface area (Å²) in [4.78, 5) is 23.9. The highest BCUT2D eigenvalue weighted by atomic mass is 19.1. The van der Waals surface area contributed by atoms with E-state index in [4.69, 9.17) is 9.84 Å². The lowest BCUT2D eigenvalue weighted by molar-refractivity contribution is -0.0362. The van der Waals surface area contributed by atoms with Gasteiger partial charge in [-0.05, 0) is 6.92 Å². The van der Waals surface area contributed by atoms with Crippen LogP contribution in [0.15, 0.2) is 15.8 Å². The largest absolute Gasteiger partial charge is 0.394 e. The van der Waals surface area contributed by atoms with E-state index in [1.165, 1.54) is 13.1 Å². The highest BCUT2D eigenvalue weighted by Gasteiger charge is 2.36. The van der Waals surface area contributed by atoms with E-state index in [0.29, 0.717) is 0 Å². The second-order valence-corrected chi connectivity index (χ2v) is 4.71. The second kappa shape index (κ2) is 5.84. The maximum Gasteiger partial charge on any atom is 0.333 e. The molecule has 1 saturated heterocycles. The van der Waals surface area contributed by atoms with Gasteiger partial charge >= 0.3 is 5.69 Å². The first-order valence-electron chi connectivity index (χ1n) is 6.28. The minimum Gasteiger partial charge on any atom is -0.394 e. The van der Waals surface area contributed by atoms with E-state index in [1.54, 1.807) is 0 Å². The zero-order valence-corrected chi connectivity index (χ0v) is 11.0. The van der Waals surface area contributed by atoms with Gasteiger partial charge in [0.05, 0.1) is 13.2 Å². The standard InChI is InChI=1S/C12H16F2N2O4/c1-7-5-16(10-4-8(14)9(6-17)20-10)12(19)15(3-2-13)11(7)18/h5,8-10,17H,2-4,6H2,1H3/t8-,9-,10-/m0/s1. The van der Waals surface area contributed by atoms with E-state index in [9.17, 15) is 18.4 Å². The lowest BCUT2D eigenvalue weighted by Crippen LogP contribution is -2.42. The van der Waals surface area contributed by atoms with Crippen molar-refractivity contribution in [3.05, 3.63) is 32.6 Å². The molecular formula is C12H16F2N2O4. The van der Waals surface area contributed by atoms with Crippen LogP contribution in [-0.4, -0.2) is 39.8 Å². The maximum absolute atomic E-state index is 13.6. The van der Waals surface area contributed by atoms with Gasteiger partial charge < -0.3 is 9.84 Å². The summed E-state index contributed by atoms with van der Waals surface area (Å²) < 4.78 is 33.1. The fourth-order valence-corrected chi connectivity index (χ4v) is 2.27. The number of aliphatic hydroxyl groups excluding tert-OH is 1. The van der Waals surface area contributed by atoms with Crippen molar-refractivity contribution in [3.63, 3.8) is 0 Å². The molecule has 0 amide bonds. The predicted octanol–water partition coefficient (Wildman–Crippen LogP) is -0.0942. The van der Waals surface area contributed by atoms with Gasteiger partial charge in [0.15, 0.2) is 0 Å². The summed E-state index contributed by atoms with van der Waals surface area (Å²) in [7, 11) is 0. The lowest BCUT2D eigenvalue weighted by Gasteiger charge is -2.17. The molecule has 8 heteroatoms. The monoisotopic (exact) mass is 290 g/mol. The van der Waals surface area contributed by atoms with Gasteiger partial charge in [0.1, 0.15) is 25.2 Å². The molecule has 2 rings (SSSR count). The number of hydrogen-bond acceptors (Lipinski definition) is 4. The minimum atomic E-state index is -1.39. The van der Waals surface area contributed by atoms with Crippen LogP contribution in [0.4, 0.5) is 8.78 Å². The van der Waals surface area contributed by atoms with Gasteiger partial charge in [-0.3, -0.25) is 13.9 Å². The van der Waals surface area contributed by atoms with Gasteiger partial charge in [0.2, 0.25) is 0 Å². The zero-order chi connectivity index (χ0) is 14.9. The molecule has 1 aromatic rings. The summed E-state index contributed by atoms with van der Waals surface area (Å²) in [6.07, 6.45) is -2.11. The van der Waals surface area contributed by atoms with Gasteiger partial charge in [-0.2, -0.15) is 0 Å². The Morgan fingerprint density at radius 3 is 2.75 bits per heavy atom. The molecular weight excluding hydrogens is 274 g/mol. The van der Waals surface area contributed by atoms with Gasteiger partial charge in [0, 0.05) is 18.2 Å². The van der Waals surface area contributed by atoms with Gasteiger partial charge in [-0.15, -0.1) is 0 Å². The number of aryl methyl sites for hydroxylation is 1. The first kappa shape index (κ1) is 14.9. The van der Waals surface area contributed by atoms with Crippen molar-refractivity contribution in [1.82, 2.24) is 9.13 Å². The number of hydrogen-bond donors (Lipinski definition) is 1. The molecule has 0 saturated carbocycles. The van der Waals surface area contributed by atoms with Crippen LogP contribution in [0.2, 0.25) is 0 Å². The third-order valence-corrected chi connectivity index (χ3v) is 3.33. The third kappa shape index (κ3) is 2.53. The molecule has 1 aliphatic rings. The van der Waals surface area contributed by atoms with Crippen LogP contribution in [0.25, 0.3) is 0 Å². The van der Waals surface area contributed by atoms with E-state index in [0.717, 1.165) is 9.13 Å². The second-order valence-electron chi connectivity index (χ2n) is 4.71. The average Bonchev–Trinajstić information content (AvgIpc) is 2.80. The third-order valence-electron chi connectivity index (χ3n) is 3.33. The number of rotatable bonds is 4. The Morgan fingerprint density at radius 2 is 2.20 bits per heavy atom. The van der Waals surface area contributed by atoms with E-state index in [1.807, 2.05) is 0 Å². The van der Waals surface area contributed by atoms with Crippen LogP contribution in [0.5, 0.6) is 0 Å². The molecule has 6 nitrogen and oxygen atoms in total. The molecule has 3 atom stereocenters. The summed E-state index contributed by atoms with van der Waals surface area (Å²) in [5.74, 6) is 0. The molecule has 112 valence electrons. The summed E-state index contributed by atoms with van der Waals surface area (Å²) in [5, 5.41) is 8.95. The topological polar surface area (TPSA) is 73.5 Å². The molecule has 0 bridgehead atoms. The van der Waals surface area contributed by atoms with Crippen molar-refractivity contribution < 1.29 is 18.6 Å². The van der Waals surface area contributed by atoms with Crippen molar-refractivity contribution in [3.8, 4) is 0 Å². The Morgan fingerprint density at radius 1 is 1.50 bits per heavy atom. The Kier molecular flexibility index (Phi) is 4.34. The van der Waals surface area contributed by atoms with Crippen LogP contribution in [-0.2, 0) is 11.3 Å². The van der Waals surface area contributed by atoms with Crippen molar-refractivity contribution in [2.24, 2.45) is 0 Å². The molecule has 0 radical (unpaired) electrons. The summed E-state index contributed by atoms with van der Waals surface area (Å²) in [5.41, 5.74) is -1.07. The lowest BCUT2D eigenvalue weighted by atomic mass is 10.2. The molecule has 2 heterocycles. The molecule has 0 aromatic carbocycles. The van der Waals surface area contributed by atoms with E-state index >= 15 is 0 Å². The SMILES string of the molecule is Cc1cn([C@@H]2C[C@H](F)[C@H](CO)O2)c(=O)n(CCF)c1=O. The van der Waals surface area contributed by atoms with Crippen LogP contribution < -0.4 is 11.2 Å². The molecule has 0 aliphatic carbocycles. The highest BCUT2D eigenvalue weighted by Crippen LogP contribution is 2.29. The van der Waals surface area contributed by atoms with E-state index in [-0.39, 0.29) is 18.5 Å². The molecule has 0 spiro atoms. The number of aliphatic hydroxyl groups is 1. The Hall–Kier alpha value is -1.54. The molecule has 0 unspecified atom stereocenters. The van der Waals surface area contributed by atoms with Crippen LogP contribution >= 0.6 is 0 Å². The van der Waals surface area contributed by atoms with Crippen molar-refractivity contribution in [2.75, 3.05) is 13.3 Å². The molecule has 1 fully saturated rings. The number of nitrogens with zero attached hydrogens (tertiary/aromatic N) is 2. The Bertz CT molecular complexity index is 598. The Labute approximate surface area is 113 Å². The predicted molar refractivity (Wildman–Crippen MR) is 66.2 cm³/mol. The number of alkyl halides is 2. The summed E-state index contributed by atoms with van der Waals surface area (Å²) in [6, 6.07) is 0. The van der Waals surface area contributed by atoms with Gasteiger partial charge in [0.25, 0.3) is 5.56 Å². The fraction of sp³-hybridized carbons (Fsp3) is 0.667. The van der Waals surface area contributed by atoms with E-state index in [2.05, 4.69) is 0 Å². The first-order valence-corrected chi connectivity index (χ1v) is 6.28. The minimum absolute atomic E-state index is 0.0988. The van der Waals surface area contributed by atoms with Crippen LogP contribution in [0.3, 0.4) is 0 Å². The summed E-state index contributed by atoms with van der Waals surface area (Å²) >= 11 is 0. The number of aromatic nitrogens is 2. The first-order chi connectivity index (χ1) is 9.49. The molecule has 1 aromatic heterocycles. The van der Waals surface area contributed by atoms with Crippen LogP contribution in [0, 0.1) is 6.92 Å². The van der Waals surface area contributed by atoms with Crippen LogP contribution in [0.1, 0.15) is 18.2 Å². The number of ether oxygens (including phenoxy) is 1. The van der Waals surface area contributed by atoms with Crippen molar-refractivity contribution >= 4 is 0 Å². The fourth-order valence-electron chi connectivity index (χ4n) is 2.27. The highest BCUT2D eigenvalue weighted by molar-refractivity contribution is 5.04. The molecule has 1 aliphatic heterocycles. The van der Waals surface area contributed by atoms with Crippen molar-refractivity contribution in [2.45, 2.75) is 38.4 Å². The quantitative estimate of drug-likeness (QED) is 0.841. The Balaban J connectivity index is 2.43. The maximum atomic E-state index is 13.6. The summed E-state index contributed by atoms with van der Waals surface area (Å²) in [6.45, 7) is -0.211. The average molecular weight is 290 g/mol. The molecule has 20 heavy (non-hydrogen) atoms.